The minimum Gasteiger partial charge on any atom is -0.541 e. The number of hydrogen-bond acceptors (Lipinski definition) is 3. The smallest absolute Gasteiger partial charge is 0.448 e. The van der Waals surface area contributed by atoms with Gasteiger partial charge in [0.05, 0.1) is 12.2 Å². The molecule has 7 heteroatoms. The molecule has 0 atom stereocenters. The van der Waals surface area contributed by atoms with Gasteiger partial charge in [-0.2, -0.15) is 13.2 Å². The van der Waals surface area contributed by atoms with Crippen molar-refractivity contribution in [3.8, 4) is 0 Å². The largest absolute Gasteiger partial charge is 0.541 e. The Morgan fingerprint density at radius 3 is 1.94 bits per heavy atom. The number of ether oxygens (including phenoxy) is 1. The Hall–Kier alpha value is -0.983. The second kappa shape index (κ2) is 6.26. The van der Waals surface area contributed by atoms with E-state index in [2.05, 4.69) is 4.74 Å². The highest BCUT2D eigenvalue weighted by molar-refractivity contribution is 6.70. The number of carbonyl (C=O) groups excluding carboxylic acids is 1. The van der Waals surface area contributed by atoms with E-state index in [1.807, 2.05) is 0 Å². The van der Waals surface area contributed by atoms with Crippen LogP contribution in [-0.4, -0.2) is 27.1 Å². The highest BCUT2D eigenvalue weighted by Gasteiger charge is 2.42. The van der Waals surface area contributed by atoms with E-state index in [-0.39, 0.29) is 13.0 Å². The first kappa shape index (κ1) is 17.0. The van der Waals surface area contributed by atoms with Crippen molar-refractivity contribution >= 4 is 14.3 Å². The van der Waals surface area contributed by atoms with Gasteiger partial charge < -0.3 is 9.16 Å². The highest BCUT2D eigenvalue weighted by atomic mass is 28.4. The molecule has 0 aliphatic rings. The van der Waals surface area contributed by atoms with Crippen LogP contribution in [0.15, 0.2) is 11.3 Å². The fourth-order valence-corrected chi connectivity index (χ4v) is 2.06. The van der Waals surface area contributed by atoms with Crippen molar-refractivity contribution in [3.05, 3.63) is 11.3 Å². The summed E-state index contributed by atoms with van der Waals surface area (Å²) < 4.78 is 48.4. The molecule has 106 valence electrons. The third-order valence-electron chi connectivity index (χ3n) is 1.82. The van der Waals surface area contributed by atoms with Gasteiger partial charge in [-0.3, -0.25) is 0 Å². The summed E-state index contributed by atoms with van der Waals surface area (Å²) in [7, 11) is -2.46. The van der Waals surface area contributed by atoms with Gasteiger partial charge in [0.1, 0.15) is 0 Å². The van der Waals surface area contributed by atoms with Gasteiger partial charge >= 0.3 is 12.1 Å². The molecule has 0 saturated carbocycles. The first-order chi connectivity index (χ1) is 8.03. The van der Waals surface area contributed by atoms with E-state index >= 15 is 0 Å². The summed E-state index contributed by atoms with van der Waals surface area (Å²) in [5, 5.41) is 0. The molecule has 0 bridgehead atoms. The molecular formula is C11H19F3O3Si. The summed E-state index contributed by atoms with van der Waals surface area (Å²) in [5.41, 5.74) is -0.452. The Balaban J connectivity index is 5.54. The number of esters is 1. The SMILES string of the molecule is CCOC(=O)/C(CC)=C(\O[Si](C)(C)C)C(F)(F)F. The van der Waals surface area contributed by atoms with E-state index in [0.717, 1.165) is 0 Å². The fraction of sp³-hybridized carbons (Fsp3) is 0.727. The van der Waals surface area contributed by atoms with Crippen LogP contribution in [0.4, 0.5) is 13.2 Å². The second-order valence-corrected chi connectivity index (χ2v) is 9.02. The predicted octanol–water partition coefficient (Wildman–Crippen LogP) is 3.63. The fourth-order valence-electron chi connectivity index (χ4n) is 1.21. The third kappa shape index (κ3) is 5.57. The van der Waals surface area contributed by atoms with Crippen molar-refractivity contribution in [2.24, 2.45) is 0 Å². The van der Waals surface area contributed by atoms with Crippen molar-refractivity contribution in [1.82, 2.24) is 0 Å². The highest BCUT2D eigenvalue weighted by Crippen LogP contribution is 2.33. The summed E-state index contributed by atoms with van der Waals surface area (Å²) in [5.74, 6) is -2.17. The molecule has 18 heavy (non-hydrogen) atoms. The molecule has 0 aromatic carbocycles. The number of hydrogen-bond donors (Lipinski definition) is 0. The van der Waals surface area contributed by atoms with Crippen molar-refractivity contribution < 1.29 is 27.1 Å². The lowest BCUT2D eigenvalue weighted by Crippen LogP contribution is -2.32. The van der Waals surface area contributed by atoms with Gasteiger partial charge in [0.25, 0.3) is 0 Å². The maximum atomic E-state index is 12.9. The van der Waals surface area contributed by atoms with E-state index in [9.17, 15) is 18.0 Å². The zero-order chi connectivity index (χ0) is 14.6. The minimum absolute atomic E-state index is 0.0282. The Labute approximate surface area is 106 Å². The van der Waals surface area contributed by atoms with Gasteiger partial charge in [0.15, 0.2) is 5.76 Å². The molecule has 0 saturated heterocycles. The molecular weight excluding hydrogens is 265 g/mol. The van der Waals surface area contributed by atoms with E-state index in [0.29, 0.717) is 0 Å². The molecule has 0 fully saturated rings. The van der Waals surface area contributed by atoms with Crippen molar-refractivity contribution in [2.75, 3.05) is 6.61 Å². The number of carbonyl (C=O) groups is 1. The Morgan fingerprint density at radius 1 is 1.17 bits per heavy atom. The van der Waals surface area contributed by atoms with Crippen LogP contribution in [0.2, 0.25) is 19.6 Å². The lowest BCUT2D eigenvalue weighted by molar-refractivity contribution is -0.142. The molecule has 0 spiro atoms. The summed E-state index contributed by atoms with van der Waals surface area (Å²) in [4.78, 5) is 11.5. The molecule has 0 aliphatic carbocycles. The molecule has 0 heterocycles. The number of allylic oxidation sites excluding steroid dienone is 1. The third-order valence-corrected chi connectivity index (χ3v) is 2.63. The van der Waals surface area contributed by atoms with Crippen LogP contribution in [0.25, 0.3) is 0 Å². The Bertz CT molecular complexity index is 329. The summed E-state index contributed by atoms with van der Waals surface area (Å²) in [6.07, 6.45) is -4.77. The van der Waals surface area contributed by atoms with Crippen LogP contribution in [-0.2, 0) is 14.0 Å². The lowest BCUT2D eigenvalue weighted by atomic mass is 10.1. The molecule has 0 N–H and O–H groups in total. The molecule has 0 aromatic heterocycles. The Kier molecular flexibility index (Phi) is 5.92. The minimum atomic E-state index is -4.68. The van der Waals surface area contributed by atoms with Crippen LogP contribution in [0.1, 0.15) is 20.3 Å². The quantitative estimate of drug-likeness (QED) is 0.335. The number of halogens is 3. The molecule has 0 aromatic rings. The first-order valence-electron chi connectivity index (χ1n) is 5.69. The van der Waals surface area contributed by atoms with Crippen LogP contribution in [0.5, 0.6) is 0 Å². The predicted molar refractivity (Wildman–Crippen MR) is 64.4 cm³/mol. The maximum absolute atomic E-state index is 12.9. The zero-order valence-corrected chi connectivity index (χ0v) is 12.3. The van der Waals surface area contributed by atoms with E-state index in [1.165, 1.54) is 13.8 Å². The number of alkyl halides is 3. The topological polar surface area (TPSA) is 35.5 Å². The van der Waals surface area contributed by atoms with E-state index in [1.54, 1.807) is 19.6 Å². The molecule has 0 rings (SSSR count). The average Bonchev–Trinajstić information content (AvgIpc) is 2.14. The molecule has 3 nitrogen and oxygen atoms in total. The van der Waals surface area contributed by atoms with Gasteiger partial charge in [-0.05, 0) is 33.0 Å². The van der Waals surface area contributed by atoms with Gasteiger partial charge in [-0.1, -0.05) is 6.92 Å². The van der Waals surface area contributed by atoms with E-state index in [4.69, 9.17) is 4.43 Å². The van der Waals surface area contributed by atoms with E-state index < -0.39 is 31.8 Å². The molecule has 0 unspecified atom stereocenters. The summed E-state index contributed by atoms with van der Waals surface area (Å²) in [6, 6.07) is 0. The zero-order valence-electron chi connectivity index (χ0n) is 11.3. The van der Waals surface area contributed by atoms with Crippen molar-refractivity contribution in [2.45, 2.75) is 46.1 Å². The monoisotopic (exact) mass is 284 g/mol. The molecule has 0 radical (unpaired) electrons. The lowest BCUT2D eigenvalue weighted by Gasteiger charge is -2.25. The Morgan fingerprint density at radius 2 is 1.67 bits per heavy atom. The van der Waals surface area contributed by atoms with Gasteiger partial charge in [-0.15, -0.1) is 0 Å². The van der Waals surface area contributed by atoms with Gasteiger partial charge in [0, 0.05) is 0 Å². The first-order valence-corrected chi connectivity index (χ1v) is 9.10. The van der Waals surface area contributed by atoms with Crippen LogP contribution < -0.4 is 0 Å². The number of rotatable bonds is 5. The standard InChI is InChI=1S/C11H19F3O3Si/c1-6-8(10(15)16-7-2)9(11(12,13)14)17-18(3,4)5/h6-7H2,1-5H3/b9-8-. The molecule has 0 aliphatic heterocycles. The summed E-state index contributed by atoms with van der Waals surface area (Å²) >= 11 is 0. The average molecular weight is 284 g/mol. The van der Waals surface area contributed by atoms with Crippen molar-refractivity contribution in [1.29, 1.82) is 0 Å². The second-order valence-electron chi connectivity index (χ2n) is 4.59. The van der Waals surface area contributed by atoms with Crippen molar-refractivity contribution in [3.63, 3.8) is 0 Å². The van der Waals surface area contributed by atoms with Crippen LogP contribution in [0.3, 0.4) is 0 Å². The maximum Gasteiger partial charge on any atom is 0.448 e. The van der Waals surface area contributed by atoms with Crippen LogP contribution >= 0.6 is 0 Å². The van der Waals surface area contributed by atoms with Gasteiger partial charge in [0.2, 0.25) is 8.32 Å². The van der Waals surface area contributed by atoms with Gasteiger partial charge in [-0.25, -0.2) is 4.79 Å². The van der Waals surface area contributed by atoms with Crippen LogP contribution in [0, 0.1) is 0 Å². The molecule has 0 amide bonds. The summed E-state index contributed by atoms with van der Waals surface area (Å²) in [6.45, 7) is 7.90. The normalized spacial score (nSPS) is 14.0.